The van der Waals surface area contributed by atoms with Crippen LogP contribution in [0.5, 0.6) is 0 Å². The zero-order chi connectivity index (χ0) is 15.1. The van der Waals surface area contributed by atoms with E-state index in [0.717, 1.165) is 5.56 Å². The number of hydrogen-bond donors (Lipinski definition) is 1. The molecule has 6 nitrogen and oxygen atoms in total. The zero-order valence-electron chi connectivity index (χ0n) is 11.6. The van der Waals surface area contributed by atoms with Crippen LogP contribution in [0.3, 0.4) is 0 Å². The molecule has 0 amide bonds. The third-order valence-electron chi connectivity index (χ3n) is 3.61. The first-order valence-electron chi connectivity index (χ1n) is 6.42. The Balaban J connectivity index is 2.42. The van der Waals surface area contributed by atoms with Gasteiger partial charge in [-0.15, -0.1) is 4.40 Å². The molecule has 0 atom stereocenters. The number of carbonyl (C=O) groups excluding carboxylic acids is 1. The van der Waals surface area contributed by atoms with Gasteiger partial charge in [0.05, 0.1) is 18.8 Å². The van der Waals surface area contributed by atoms with E-state index in [9.17, 15) is 14.7 Å². The summed E-state index contributed by atoms with van der Waals surface area (Å²) < 4.78 is 2.76. The van der Waals surface area contributed by atoms with Gasteiger partial charge in [0.15, 0.2) is 0 Å². The van der Waals surface area contributed by atoms with Crippen LogP contribution in [-0.2, 0) is 7.05 Å². The van der Waals surface area contributed by atoms with E-state index in [0.29, 0.717) is 11.5 Å². The average molecular weight is 283 g/mol. The number of aryl methyl sites for hydroxylation is 1. The van der Waals surface area contributed by atoms with Crippen LogP contribution in [0, 0.1) is 6.92 Å². The van der Waals surface area contributed by atoms with Crippen LogP contribution < -0.4 is 15.2 Å². The minimum absolute atomic E-state index is 0.0534. The number of aromatic nitrogens is 3. The van der Waals surface area contributed by atoms with Crippen LogP contribution in [0.1, 0.15) is 16.3 Å². The zero-order valence-corrected chi connectivity index (χ0v) is 11.6. The first kappa shape index (κ1) is 13.1. The number of aromatic amines is 1. The SMILES string of the molecule is Cc1n2c(=O)cc(-c3ccccc3)[nH]c2c(C(=O)[O-])[n+]1C. The van der Waals surface area contributed by atoms with Crippen molar-refractivity contribution in [2.45, 2.75) is 6.92 Å². The Hall–Kier alpha value is -2.89. The highest BCUT2D eigenvalue weighted by atomic mass is 16.4. The molecule has 0 fully saturated rings. The van der Waals surface area contributed by atoms with Gasteiger partial charge >= 0.3 is 5.56 Å². The molecule has 1 N–H and O–H groups in total. The molecule has 0 aliphatic rings. The van der Waals surface area contributed by atoms with Crippen LogP contribution >= 0.6 is 0 Å². The van der Waals surface area contributed by atoms with E-state index in [1.807, 2.05) is 30.3 Å². The van der Waals surface area contributed by atoms with Gasteiger partial charge in [0.2, 0.25) is 5.69 Å². The topological polar surface area (TPSA) is 81.3 Å². The second kappa shape index (κ2) is 4.59. The average Bonchev–Trinajstić information content (AvgIpc) is 2.72. The molecule has 0 spiro atoms. The van der Waals surface area contributed by atoms with Gasteiger partial charge < -0.3 is 14.9 Å². The summed E-state index contributed by atoms with van der Waals surface area (Å²) in [5.74, 6) is -0.811. The second-order valence-electron chi connectivity index (χ2n) is 4.81. The standard InChI is InChI=1S/C15H13N3O3/c1-9-17(2)13(15(20)21)14-16-11(8-12(19)18(9)14)10-6-4-3-5-7-10/h3-8H,1-2H3,(H-,16,19,20,21). The summed E-state index contributed by atoms with van der Waals surface area (Å²) in [7, 11) is 1.59. The monoisotopic (exact) mass is 283 g/mol. The van der Waals surface area contributed by atoms with Crippen molar-refractivity contribution in [1.29, 1.82) is 0 Å². The predicted octanol–water partition coefficient (Wildman–Crippen LogP) is -0.209. The molecule has 6 heteroatoms. The molecule has 2 heterocycles. The van der Waals surface area contributed by atoms with Crippen molar-refractivity contribution in [3.8, 4) is 11.3 Å². The maximum absolute atomic E-state index is 12.3. The van der Waals surface area contributed by atoms with Crippen LogP contribution in [0.4, 0.5) is 0 Å². The Labute approximate surface area is 119 Å². The molecule has 0 saturated heterocycles. The van der Waals surface area contributed by atoms with E-state index >= 15 is 0 Å². The molecular formula is C15H13N3O3. The summed E-state index contributed by atoms with van der Waals surface area (Å²) in [6.45, 7) is 1.68. The molecule has 0 aliphatic carbocycles. The first-order chi connectivity index (χ1) is 10.0. The fourth-order valence-electron chi connectivity index (χ4n) is 2.48. The molecule has 3 rings (SSSR count). The number of nitrogens with one attached hydrogen (secondary N) is 1. The van der Waals surface area contributed by atoms with Gasteiger partial charge in [0, 0.05) is 6.92 Å². The molecule has 1 aromatic carbocycles. The predicted molar refractivity (Wildman–Crippen MR) is 73.7 cm³/mol. The third-order valence-corrected chi connectivity index (χ3v) is 3.61. The highest BCUT2D eigenvalue weighted by molar-refractivity contribution is 5.89. The van der Waals surface area contributed by atoms with E-state index in [-0.39, 0.29) is 16.9 Å². The number of fused-ring (bicyclic) bond motifs is 1. The lowest BCUT2D eigenvalue weighted by Crippen LogP contribution is -2.41. The van der Waals surface area contributed by atoms with Crippen molar-refractivity contribution in [2.24, 2.45) is 7.05 Å². The maximum Gasteiger partial charge on any atom is 0.342 e. The van der Waals surface area contributed by atoms with Gasteiger partial charge in [0.1, 0.15) is 5.97 Å². The smallest absolute Gasteiger partial charge is 0.342 e. The van der Waals surface area contributed by atoms with Crippen molar-refractivity contribution < 1.29 is 14.5 Å². The van der Waals surface area contributed by atoms with E-state index in [4.69, 9.17) is 0 Å². The van der Waals surface area contributed by atoms with E-state index in [1.54, 1.807) is 14.0 Å². The van der Waals surface area contributed by atoms with Crippen molar-refractivity contribution >= 4 is 11.6 Å². The van der Waals surface area contributed by atoms with Gasteiger partial charge in [-0.05, 0) is 5.56 Å². The number of carboxylic acid groups (broad SMARTS) is 1. The van der Waals surface area contributed by atoms with Crippen LogP contribution in [0.15, 0.2) is 41.2 Å². The summed E-state index contributed by atoms with van der Waals surface area (Å²) in [6.07, 6.45) is 0. The minimum atomic E-state index is -1.33. The lowest BCUT2D eigenvalue weighted by atomic mass is 10.1. The van der Waals surface area contributed by atoms with E-state index in [2.05, 4.69) is 4.98 Å². The lowest BCUT2D eigenvalue weighted by Gasteiger charge is -2.01. The number of nitrogens with zero attached hydrogens (tertiary/aromatic N) is 2. The molecule has 0 radical (unpaired) electrons. The highest BCUT2D eigenvalue weighted by Gasteiger charge is 2.24. The molecule has 3 aromatic rings. The van der Waals surface area contributed by atoms with Gasteiger partial charge in [-0.3, -0.25) is 0 Å². The highest BCUT2D eigenvalue weighted by Crippen LogP contribution is 2.16. The number of benzene rings is 1. The number of hydrogen-bond acceptors (Lipinski definition) is 3. The normalized spacial score (nSPS) is 11.0. The van der Waals surface area contributed by atoms with E-state index < -0.39 is 5.97 Å². The van der Waals surface area contributed by atoms with Crippen molar-refractivity contribution in [3.05, 3.63) is 58.3 Å². The van der Waals surface area contributed by atoms with Crippen LogP contribution in [0.25, 0.3) is 16.9 Å². The number of carboxylic acids is 1. The first-order valence-corrected chi connectivity index (χ1v) is 6.42. The molecular weight excluding hydrogens is 270 g/mol. The Morgan fingerprint density at radius 3 is 2.57 bits per heavy atom. The fourth-order valence-corrected chi connectivity index (χ4v) is 2.48. The van der Waals surface area contributed by atoms with Gasteiger partial charge in [-0.2, -0.15) is 0 Å². The summed E-state index contributed by atoms with van der Waals surface area (Å²) >= 11 is 0. The number of aromatic carboxylic acids is 1. The number of imidazole rings is 1. The third kappa shape index (κ3) is 1.92. The molecule has 0 unspecified atom stereocenters. The minimum Gasteiger partial charge on any atom is -0.541 e. The summed E-state index contributed by atoms with van der Waals surface area (Å²) in [5, 5.41) is 11.3. The fraction of sp³-hybridized carbons (Fsp3) is 0.133. The van der Waals surface area contributed by atoms with Gasteiger partial charge in [0.25, 0.3) is 11.5 Å². The van der Waals surface area contributed by atoms with Crippen LogP contribution in [-0.4, -0.2) is 15.4 Å². The largest absolute Gasteiger partial charge is 0.541 e. The Kier molecular flexibility index (Phi) is 2.86. The molecule has 0 bridgehead atoms. The quantitative estimate of drug-likeness (QED) is 0.661. The van der Waals surface area contributed by atoms with Crippen molar-refractivity contribution in [2.75, 3.05) is 0 Å². The van der Waals surface area contributed by atoms with Crippen molar-refractivity contribution in [3.63, 3.8) is 0 Å². The van der Waals surface area contributed by atoms with Gasteiger partial charge in [-0.1, -0.05) is 30.3 Å². The molecule has 0 aliphatic heterocycles. The maximum atomic E-state index is 12.3. The van der Waals surface area contributed by atoms with Crippen LogP contribution in [0.2, 0.25) is 0 Å². The summed E-state index contributed by atoms with van der Waals surface area (Å²) in [5.41, 5.74) is 1.25. The molecule has 2 aromatic heterocycles. The molecule has 106 valence electrons. The Morgan fingerprint density at radius 1 is 1.29 bits per heavy atom. The number of carbonyl (C=O) groups is 1. The van der Waals surface area contributed by atoms with Crippen molar-refractivity contribution in [1.82, 2.24) is 9.38 Å². The Bertz CT molecular complexity index is 907. The molecule has 21 heavy (non-hydrogen) atoms. The molecule has 0 saturated carbocycles. The van der Waals surface area contributed by atoms with Gasteiger partial charge in [-0.25, -0.2) is 9.36 Å². The second-order valence-corrected chi connectivity index (χ2v) is 4.81. The summed E-state index contributed by atoms with van der Waals surface area (Å²) in [4.78, 5) is 26.7. The number of rotatable bonds is 2. The number of H-pyrrole nitrogens is 1. The lowest BCUT2D eigenvalue weighted by molar-refractivity contribution is -0.680. The Morgan fingerprint density at radius 2 is 1.95 bits per heavy atom. The van der Waals surface area contributed by atoms with E-state index in [1.165, 1.54) is 15.0 Å². The summed E-state index contributed by atoms with van der Waals surface area (Å²) in [6, 6.07) is 10.7.